The first-order valence-corrected chi connectivity index (χ1v) is 8.53. The molecule has 5 heteroatoms. The van der Waals surface area contributed by atoms with Crippen LogP contribution in [0.2, 0.25) is 0 Å². The van der Waals surface area contributed by atoms with Crippen molar-refractivity contribution in [1.29, 1.82) is 0 Å². The van der Waals surface area contributed by atoms with E-state index in [9.17, 15) is 4.21 Å². The largest absolute Gasteiger partial charge is 0.359 e. The second-order valence-corrected chi connectivity index (χ2v) is 7.19. The van der Waals surface area contributed by atoms with E-state index in [1.807, 2.05) is 0 Å². The van der Waals surface area contributed by atoms with Gasteiger partial charge in [-0.1, -0.05) is 17.4 Å². The van der Waals surface area contributed by atoms with E-state index in [2.05, 4.69) is 42.3 Å². The SMILES string of the molecule is Cc1ccc2sc(NC(C)CCS(C)=O)nc2c1. The summed E-state index contributed by atoms with van der Waals surface area (Å²) in [6.07, 6.45) is 2.64. The van der Waals surface area contributed by atoms with Gasteiger partial charge in [-0.3, -0.25) is 4.21 Å². The molecule has 1 N–H and O–H groups in total. The maximum Gasteiger partial charge on any atom is 0.183 e. The average molecular weight is 282 g/mol. The number of fused-ring (bicyclic) bond motifs is 1. The molecule has 2 atom stereocenters. The monoisotopic (exact) mass is 282 g/mol. The van der Waals surface area contributed by atoms with Crippen molar-refractivity contribution in [1.82, 2.24) is 4.98 Å². The second kappa shape index (κ2) is 5.80. The highest BCUT2D eigenvalue weighted by atomic mass is 32.2. The molecule has 98 valence electrons. The number of hydrogen-bond acceptors (Lipinski definition) is 4. The smallest absolute Gasteiger partial charge is 0.183 e. The predicted molar refractivity (Wildman–Crippen MR) is 81.0 cm³/mol. The van der Waals surface area contributed by atoms with Gasteiger partial charge >= 0.3 is 0 Å². The quantitative estimate of drug-likeness (QED) is 0.916. The lowest BCUT2D eigenvalue weighted by Crippen LogP contribution is -2.17. The molecule has 0 bridgehead atoms. The Hall–Kier alpha value is -0.940. The summed E-state index contributed by atoms with van der Waals surface area (Å²) in [6, 6.07) is 6.62. The molecule has 0 amide bonds. The topological polar surface area (TPSA) is 42.0 Å². The fourth-order valence-electron chi connectivity index (χ4n) is 1.72. The fraction of sp³-hybridized carbons (Fsp3) is 0.462. The summed E-state index contributed by atoms with van der Waals surface area (Å²) < 4.78 is 12.3. The Morgan fingerprint density at radius 2 is 2.28 bits per heavy atom. The van der Waals surface area contributed by atoms with Crippen LogP contribution in [-0.4, -0.2) is 27.2 Å². The third kappa shape index (κ3) is 3.53. The van der Waals surface area contributed by atoms with Gasteiger partial charge in [0.05, 0.1) is 10.2 Å². The van der Waals surface area contributed by atoms with Crippen LogP contribution in [0.3, 0.4) is 0 Å². The highest BCUT2D eigenvalue weighted by Crippen LogP contribution is 2.27. The predicted octanol–water partition coefficient (Wildman–Crippen LogP) is 3.17. The van der Waals surface area contributed by atoms with Crippen molar-refractivity contribution in [2.75, 3.05) is 17.3 Å². The van der Waals surface area contributed by atoms with Crippen molar-refractivity contribution in [3.63, 3.8) is 0 Å². The summed E-state index contributed by atoms with van der Waals surface area (Å²) in [5, 5.41) is 4.33. The number of hydrogen-bond donors (Lipinski definition) is 1. The van der Waals surface area contributed by atoms with Gasteiger partial charge in [0.15, 0.2) is 5.13 Å². The Bertz CT molecular complexity index is 565. The molecule has 0 radical (unpaired) electrons. The molecule has 0 fully saturated rings. The summed E-state index contributed by atoms with van der Waals surface area (Å²) in [7, 11) is -0.719. The van der Waals surface area contributed by atoms with Gasteiger partial charge in [-0.05, 0) is 38.0 Å². The van der Waals surface area contributed by atoms with Crippen molar-refractivity contribution in [2.45, 2.75) is 26.3 Å². The van der Waals surface area contributed by atoms with Gasteiger partial charge in [0, 0.05) is 28.9 Å². The zero-order valence-corrected chi connectivity index (χ0v) is 12.5. The minimum Gasteiger partial charge on any atom is -0.359 e. The first kappa shape index (κ1) is 13.5. The Morgan fingerprint density at radius 3 is 3.00 bits per heavy atom. The number of nitrogens with zero attached hydrogens (tertiary/aromatic N) is 1. The van der Waals surface area contributed by atoms with E-state index in [4.69, 9.17) is 0 Å². The molecular weight excluding hydrogens is 264 g/mol. The summed E-state index contributed by atoms with van der Waals surface area (Å²) >= 11 is 1.67. The normalized spacial score (nSPS) is 14.6. The molecule has 0 aliphatic carbocycles. The molecule has 1 heterocycles. The van der Waals surface area contributed by atoms with Crippen molar-refractivity contribution >= 4 is 37.5 Å². The van der Waals surface area contributed by atoms with Crippen molar-refractivity contribution in [2.24, 2.45) is 0 Å². The van der Waals surface area contributed by atoms with Crippen LogP contribution in [0.15, 0.2) is 18.2 Å². The van der Waals surface area contributed by atoms with Crippen LogP contribution in [0.25, 0.3) is 10.2 Å². The first-order valence-electron chi connectivity index (χ1n) is 5.98. The fourth-order valence-corrected chi connectivity index (χ4v) is 3.37. The lowest BCUT2D eigenvalue weighted by Gasteiger charge is -2.11. The summed E-state index contributed by atoms with van der Waals surface area (Å²) in [5.74, 6) is 0.734. The van der Waals surface area contributed by atoms with E-state index in [-0.39, 0.29) is 0 Å². The minimum atomic E-state index is -0.719. The van der Waals surface area contributed by atoms with Crippen molar-refractivity contribution in [3.05, 3.63) is 23.8 Å². The van der Waals surface area contributed by atoms with Crippen molar-refractivity contribution < 1.29 is 4.21 Å². The van der Waals surface area contributed by atoms with Gasteiger partial charge in [-0.15, -0.1) is 0 Å². The molecule has 0 spiro atoms. The molecule has 3 nitrogen and oxygen atoms in total. The molecule has 18 heavy (non-hydrogen) atoms. The number of aromatic nitrogens is 1. The molecule has 0 saturated heterocycles. The Kier molecular flexibility index (Phi) is 4.35. The zero-order chi connectivity index (χ0) is 13.1. The van der Waals surface area contributed by atoms with Gasteiger partial charge < -0.3 is 5.32 Å². The maximum absolute atomic E-state index is 11.0. The molecule has 2 unspecified atom stereocenters. The zero-order valence-electron chi connectivity index (χ0n) is 10.9. The molecule has 0 aliphatic rings. The van der Waals surface area contributed by atoms with Crippen LogP contribution >= 0.6 is 11.3 Å². The number of benzene rings is 1. The van der Waals surface area contributed by atoms with Crippen LogP contribution in [0, 0.1) is 6.92 Å². The number of aryl methyl sites for hydroxylation is 1. The van der Waals surface area contributed by atoms with Gasteiger partial charge in [0.25, 0.3) is 0 Å². The number of rotatable bonds is 5. The number of anilines is 1. The van der Waals surface area contributed by atoms with E-state index in [1.54, 1.807) is 17.6 Å². The Labute approximate surface area is 114 Å². The first-order chi connectivity index (χ1) is 8.54. The molecule has 2 aromatic rings. The minimum absolute atomic E-state index is 0.301. The van der Waals surface area contributed by atoms with E-state index in [0.29, 0.717) is 6.04 Å². The van der Waals surface area contributed by atoms with E-state index in [0.717, 1.165) is 22.8 Å². The van der Waals surface area contributed by atoms with Crippen LogP contribution < -0.4 is 5.32 Å². The third-order valence-electron chi connectivity index (χ3n) is 2.75. The van der Waals surface area contributed by atoms with Crippen LogP contribution in [0.4, 0.5) is 5.13 Å². The average Bonchev–Trinajstić information content (AvgIpc) is 2.67. The third-order valence-corrected chi connectivity index (χ3v) is 4.53. The Morgan fingerprint density at radius 1 is 1.50 bits per heavy atom. The molecule has 1 aromatic heterocycles. The van der Waals surface area contributed by atoms with Gasteiger partial charge in [-0.25, -0.2) is 4.98 Å². The summed E-state index contributed by atoms with van der Waals surface area (Å²) in [4.78, 5) is 4.57. The molecular formula is C13H18N2OS2. The summed E-state index contributed by atoms with van der Waals surface area (Å²) in [6.45, 7) is 4.18. The molecule has 2 rings (SSSR count). The van der Waals surface area contributed by atoms with Gasteiger partial charge in [0.2, 0.25) is 0 Å². The van der Waals surface area contributed by atoms with Crippen LogP contribution in [-0.2, 0) is 10.8 Å². The summed E-state index contributed by atoms with van der Waals surface area (Å²) in [5.41, 5.74) is 2.28. The van der Waals surface area contributed by atoms with Crippen LogP contribution in [0.5, 0.6) is 0 Å². The van der Waals surface area contributed by atoms with Gasteiger partial charge in [0.1, 0.15) is 0 Å². The standard InChI is InChI=1S/C13H18N2OS2/c1-9-4-5-12-11(8-9)15-13(17-12)14-10(2)6-7-18(3)16/h4-5,8,10H,6-7H2,1-3H3,(H,14,15). The highest BCUT2D eigenvalue weighted by molar-refractivity contribution is 7.84. The molecule has 1 aromatic carbocycles. The lowest BCUT2D eigenvalue weighted by molar-refractivity contribution is 0.678. The highest BCUT2D eigenvalue weighted by Gasteiger charge is 2.08. The van der Waals surface area contributed by atoms with E-state index >= 15 is 0 Å². The van der Waals surface area contributed by atoms with Crippen LogP contribution in [0.1, 0.15) is 18.9 Å². The van der Waals surface area contributed by atoms with E-state index < -0.39 is 10.8 Å². The Balaban J connectivity index is 2.05. The molecule has 0 aliphatic heterocycles. The lowest BCUT2D eigenvalue weighted by atomic mass is 10.2. The molecule has 0 saturated carbocycles. The van der Waals surface area contributed by atoms with Crippen molar-refractivity contribution in [3.8, 4) is 0 Å². The van der Waals surface area contributed by atoms with Gasteiger partial charge in [-0.2, -0.15) is 0 Å². The second-order valence-electron chi connectivity index (χ2n) is 4.60. The van der Waals surface area contributed by atoms with E-state index in [1.165, 1.54) is 10.3 Å². The maximum atomic E-state index is 11.0. The number of thiazole rings is 1. The number of nitrogens with one attached hydrogen (secondary N) is 1.